The zero-order valence-electron chi connectivity index (χ0n) is 19.2. The van der Waals surface area contributed by atoms with Crippen LogP contribution in [0.25, 0.3) is 10.8 Å². The quantitative estimate of drug-likeness (QED) is 0.394. The maximum atomic E-state index is 13.2. The maximum Gasteiger partial charge on any atom is 0.275 e. The second-order valence-corrected chi connectivity index (χ2v) is 8.46. The van der Waals surface area contributed by atoms with Gasteiger partial charge in [0.05, 0.1) is 17.9 Å². The van der Waals surface area contributed by atoms with Gasteiger partial charge in [0, 0.05) is 22.3 Å². The van der Waals surface area contributed by atoms with Gasteiger partial charge in [0.15, 0.2) is 23.4 Å². The van der Waals surface area contributed by atoms with E-state index in [1.54, 1.807) is 18.2 Å². The summed E-state index contributed by atoms with van der Waals surface area (Å²) in [6.07, 6.45) is -0.243. The molecule has 0 amide bonds. The van der Waals surface area contributed by atoms with Gasteiger partial charge < -0.3 is 23.9 Å². The molecule has 0 saturated carbocycles. The minimum absolute atomic E-state index is 0.162. The molecule has 4 aromatic rings. The van der Waals surface area contributed by atoms with Crippen LogP contribution in [0, 0.1) is 13.8 Å². The Labute approximate surface area is 200 Å². The van der Waals surface area contributed by atoms with Gasteiger partial charge in [-0.05, 0) is 38.1 Å². The van der Waals surface area contributed by atoms with E-state index in [0.29, 0.717) is 35.9 Å². The molecule has 2 aromatic heterocycles. The molecule has 0 aliphatic carbocycles. The zero-order chi connectivity index (χ0) is 24.7. The number of aromatic nitrogens is 3. The highest BCUT2D eigenvalue weighted by Gasteiger charge is 2.24. The monoisotopic (exact) mass is 472 g/mol. The second kappa shape index (κ2) is 8.75. The summed E-state index contributed by atoms with van der Waals surface area (Å²) in [6, 6.07) is 15.4. The van der Waals surface area contributed by atoms with Crippen molar-refractivity contribution >= 4 is 22.5 Å². The number of aryl methyl sites for hydroxylation is 1. The summed E-state index contributed by atoms with van der Waals surface area (Å²) in [6.45, 7) is 4.16. The number of para-hydroxylation sites is 2. The average Bonchev–Trinajstić information content (AvgIpc) is 3.14. The SMILES string of the molecule is Cc1cc(C(=O)Cn2nc(C(=O)[O-])c3ccccc3c2=O)c(C)n1C[C@H]1COc2ccccc2O1. The van der Waals surface area contributed by atoms with Crippen molar-refractivity contribution in [1.29, 1.82) is 0 Å². The lowest BCUT2D eigenvalue weighted by Crippen LogP contribution is -2.34. The lowest BCUT2D eigenvalue weighted by molar-refractivity contribution is -0.255. The number of hydrogen-bond acceptors (Lipinski definition) is 7. The molecule has 2 aromatic carbocycles. The van der Waals surface area contributed by atoms with Gasteiger partial charge >= 0.3 is 0 Å². The molecule has 178 valence electrons. The lowest BCUT2D eigenvalue weighted by Gasteiger charge is -2.27. The third-order valence-electron chi connectivity index (χ3n) is 6.18. The van der Waals surface area contributed by atoms with Crippen molar-refractivity contribution in [2.24, 2.45) is 0 Å². The van der Waals surface area contributed by atoms with E-state index < -0.39 is 18.1 Å². The summed E-state index contributed by atoms with van der Waals surface area (Å²) in [7, 11) is 0. The fraction of sp³-hybridized carbons (Fsp3) is 0.231. The Morgan fingerprint density at radius 1 is 1.06 bits per heavy atom. The molecule has 1 aliphatic rings. The molecule has 0 radical (unpaired) electrons. The van der Waals surface area contributed by atoms with Crippen molar-refractivity contribution in [1.82, 2.24) is 14.3 Å². The van der Waals surface area contributed by atoms with E-state index in [1.165, 1.54) is 12.1 Å². The number of aromatic carboxylic acids is 1. The summed E-state index contributed by atoms with van der Waals surface area (Å²) in [4.78, 5) is 37.7. The number of carboxylic acids is 1. The van der Waals surface area contributed by atoms with Crippen molar-refractivity contribution in [3.63, 3.8) is 0 Å². The highest BCUT2D eigenvalue weighted by Crippen LogP contribution is 2.31. The van der Waals surface area contributed by atoms with E-state index in [1.807, 2.05) is 42.7 Å². The van der Waals surface area contributed by atoms with Gasteiger partial charge in [0.1, 0.15) is 18.8 Å². The number of carboxylic acid groups (broad SMARTS) is 1. The van der Waals surface area contributed by atoms with E-state index in [-0.39, 0.29) is 28.4 Å². The Hall–Kier alpha value is -4.40. The number of carbonyl (C=O) groups excluding carboxylic acids is 2. The Morgan fingerprint density at radius 2 is 1.74 bits per heavy atom. The van der Waals surface area contributed by atoms with E-state index in [0.717, 1.165) is 10.4 Å². The minimum atomic E-state index is -1.52. The molecule has 3 heterocycles. The van der Waals surface area contributed by atoms with Crippen LogP contribution in [-0.2, 0) is 13.1 Å². The van der Waals surface area contributed by atoms with Crippen molar-refractivity contribution in [3.05, 3.63) is 87.6 Å². The Kier molecular flexibility index (Phi) is 5.60. The van der Waals surface area contributed by atoms with Crippen LogP contribution >= 0.6 is 0 Å². The van der Waals surface area contributed by atoms with E-state index >= 15 is 0 Å². The largest absolute Gasteiger partial charge is 0.543 e. The van der Waals surface area contributed by atoms with Crippen LogP contribution in [0.5, 0.6) is 11.5 Å². The first-order valence-electron chi connectivity index (χ1n) is 11.1. The summed E-state index contributed by atoms with van der Waals surface area (Å²) >= 11 is 0. The number of rotatable bonds is 6. The van der Waals surface area contributed by atoms with Gasteiger partial charge in [-0.3, -0.25) is 9.59 Å². The molecule has 35 heavy (non-hydrogen) atoms. The lowest BCUT2D eigenvalue weighted by atomic mass is 10.1. The number of nitrogens with zero attached hydrogens (tertiary/aromatic N) is 3. The molecule has 0 fully saturated rings. The molecule has 0 spiro atoms. The zero-order valence-corrected chi connectivity index (χ0v) is 19.2. The fourth-order valence-electron chi connectivity index (χ4n) is 4.44. The predicted molar refractivity (Wildman–Crippen MR) is 125 cm³/mol. The molecule has 9 nitrogen and oxygen atoms in total. The van der Waals surface area contributed by atoms with Gasteiger partial charge in [-0.15, -0.1) is 0 Å². The van der Waals surface area contributed by atoms with Crippen molar-refractivity contribution in [3.8, 4) is 11.5 Å². The molecule has 5 rings (SSSR count). The first-order valence-corrected chi connectivity index (χ1v) is 11.1. The minimum Gasteiger partial charge on any atom is -0.543 e. The summed E-state index contributed by atoms with van der Waals surface area (Å²) in [5.41, 5.74) is 1.07. The number of carbonyl (C=O) groups is 2. The smallest absolute Gasteiger partial charge is 0.275 e. The van der Waals surface area contributed by atoms with Gasteiger partial charge in [-0.1, -0.05) is 30.3 Å². The van der Waals surface area contributed by atoms with Crippen LogP contribution in [0.2, 0.25) is 0 Å². The van der Waals surface area contributed by atoms with Crippen LogP contribution in [0.3, 0.4) is 0 Å². The predicted octanol–water partition coefficient (Wildman–Crippen LogP) is 1.90. The van der Waals surface area contributed by atoms with Gasteiger partial charge in [0.25, 0.3) is 5.56 Å². The standard InChI is InChI=1S/C26H23N3O6/c1-15-11-20(16(2)28(15)12-17-14-34-22-9-5-6-10-23(22)35-17)21(30)13-29-25(31)19-8-4-3-7-18(19)24(27-29)26(32)33/h3-11,17H,12-14H2,1-2H3,(H,32,33)/p-1/t17-/m0/s1. The highest BCUT2D eigenvalue weighted by atomic mass is 16.6. The molecule has 1 aliphatic heterocycles. The van der Waals surface area contributed by atoms with Crippen LogP contribution < -0.4 is 20.1 Å². The molecule has 0 bridgehead atoms. The topological polar surface area (TPSA) is 115 Å². The third-order valence-corrected chi connectivity index (χ3v) is 6.18. The van der Waals surface area contributed by atoms with Crippen molar-refractivity contribution < 1.29 is 24.2 Å². The molecule has 0 unspecified atom stereocenters. The summed E-state index contributed by atoms with van der Waals surface area (Å²) in [5.74, 6) is -0.501. The van der Waals surface area contributed by atoms with Crippen LogP contribution in [-0.4, -0.2) is 38.8 Å². The Balaban J connectivity index is 1.41. The van der Waals surface area contributed by atoms with E-state index in [2.05, 4.69) is 5.10 Å². The fourth-order valence-corrected chi connectivity index (χ4v) is 4.44. The maximum absolute atomic E-state index is 13.2. The molecular weight excluding hydrogens is 450 g/mol. The van der Waals surface area contributed by atoms with Gasteiger partial charge in [-0.2, -0.15) is 5.10 Å². The van der Waals surface area contributed by atoms with Crippen LogP contribution in [0.4, 0.5) is 0 Å². The molecule has 1 atom stereocenters. The van der Waals surface area contributed by atoms with Gasteiger partial charge in [0.2, 0.25) is 0 Å². The first kappa shape index (κ1) is 22.4. The molecule has 9 heteroatoms. The summed E-state index contributed by atoms with van der Waals surface area (Å²) < 4.78 is 14.7. The number of Topliss-reactive ketones (excluding diaryl/α,β-unsaturated/α-hetero) is 1. The number of fused-ring (bicyclic) bond motifs is 2. The van der Waals surface area contributed by atoms with Crippen molar-refractivity contribution in [2.45, 2.75) is 33.0 Å². The Bertz CT molecular complexity index is 1530. The second-order valence-electron chi connectivity index (χ2n) is 8.46. The number of ketones is 1. The van der Waals surface area contributed by atoms with E-state index in [9.17, 15) is 19.5 Å². The third kappa shape index (κ3) is 4.05. The molecule has 0 N–H and O–H groups in total. The first-order chi connectivity index (χ1) is 16.8. The van der Waals surface area contributed by atoms with E-state index in [4.69, 9.17) is 9.47 Å². The normalized spacial score (nSPS) is 14.7. The molecular formula is C26H22N3O6-. The van der Waals surface area contributed by atoms with Crippen LogP contribution in [0.1, 0.15) is 32.2 Å². The highest BCUT2D eigenvalue weighted by molar-refractivity contribution is 6.01. The number of hydrogen-bond donors (Lipinski definition) is 0. The number of benzene rings is 2. The Morgan fingerprint density at radius 3 is 2.49 bits per heavy atom. The average molecular weight is 472 g/mol. The van der Waals surface area contributed by atoms with Crippen molar-refractivity contribution in [2.75, 3.05) is 6.61 Å². The summed E-state index contributed by atoms with van der Waals surface area (Å²) in [5, 5.41) is 15.9. The van der Waals surface area contributed by atoms with Gasteiger partial charge in [-0.25, -0.2) is 4.68 Å². The number of ether oxygens (including phenoxy) is 2. The van der Waals surface area contributed by atoms with Crippen LogP contribution in [0.15, 0.2) is 59.4 Å². The molecule has 0 saturated heterocycles.